The minimum absolute atomic E-state index is 0.0908. The third kappa shape index (κ3) is 5.82. The van der Waals surface area contributed by atoms with E-state index in [0.29, 0.717) is 23.1 Å². The fourth-order valence-corrected chi connectivity index (χ4v) is 4.97. The second-order valence-corrected chi connectivity index (χ2v) is 9.46. The number of thioether (sulfide) groups is 1. The number of carbonyl (C=O) groups excluding carboxylic acids is 1. The van der Waals surface area contributed by atoms with Crippen molar-refractivity contribution in [3.63, 3.8) is 0 Å². The van der Waals surface area contributed by atoms with E-state index < -0.39 is 0 Å². The zero-order valence-electron chi connectivity index (χ0n) is 17.6. The van der Waals surface area contributed by atoms with E-state index >= 15 is 0 Å². The second-order valence-electron chi connectivity index (χ2n) is 7.04. The Kier molecular flexibility index (Phi) is 7.79. The van der Waals surface area contributed by atoms with Crippen molar-refractivity contribution in [3.05, 3.63) is 87.8 Å². The quantitative estimate of drug-likeness (QED) is 0.283. The van der Waals surface area contributed by atoms with Gasteiger partial charge in [-0.3, -0.25) is 9.36 Å². The Morgan fingerprint density at radius 3 is 2.58 bits per heavy atom. The molecule has 0 aliphatic carbocycles. The Morgan fingerprint density at radius 1 is 1.09 bits per heavy atom. The number of nitriles is 1. The average Bonchev–Trinajstić information content (AvgIpc) is 3.49. The van der Waals surface area contributed by atoms with Gasteiger partial charge in [-0.05, 0) is 47.8 Å². The molecule has 0 bridgehead atoms. The molecule has 2 aromatic heterocycles. The van der Waals surface area contributed by atoms with Gasteiger partial charge in [-0.1, -0.05) is 47.6 Å². The Bertz CT molecular complexity index is 1230. The van der Waals surface area contributed by atoms with E-state index in [9.17, 15) is 4.79 Å². The molecule has 0 aliphatic rings. The molecule has 166 valence electrons. The van der Waals surface area contributed by atoms with E-state index in [1.54, 1.807) is 16.2 Å². The van der Waals surface area contributed by atoms with Crippen LogP contribution in [0.15, 0.2) is 77.3 Å². The van der Waals surface area contributed by atoms with Crippen molar-refractivity contribution in [1.82, 2.24) is 14.8 Å². The lowest BCUT2D eigenvalue weighted by Gasteiger charge is -2.21. The van der Waals surface area contributed by atoms with Gasteiger partial charge in [0.2, 0.25) is 5.91 Å². The van der Waals surface area contributed by atoms with Crippen LogP contribution >= 0.6 is 34.7 Å². The summed E-state index contributed by atoms with van der Waals surface area (Å²) in [6.07, 6.45) is 0.900. The highest BCUT2D eigenvalue weighted by Gasteiger charge is 2.20. The highest BCUT2D eigenvalue weighted by Crippen LogP contribution is 2.26. The molecule has 0 radical (unpaired) electrons. The summed E-state index contributed by atoms with van der Waals surface area (Å²) in [6.45, 7) is 0.341. The van der Waals surface area contributed by atoms with Crippen LogP contribution in [-0.2, 0) is 11.2 Å². The monoisotopic (exact) mass is 493 g/mol. The second kappa shape index (κ2) is 11.1. The molecule has 0 spiro atoms. The molecule has 9 heteroatoms. The first kappa shape index (κ1) is 23.1. The molecule has 0 saturated heterocycles. The molecule has 4 aromatic rings. The minimum atomic E-state index is -0.0908. The maximum Gasteiger partial charge on any atom is 0.237 e. The highest BCUT2D eigenvalue weighted by molar-refractivity contribution is 7.99. The molecule has 6 nitrogen and oxygen atoms in total. The number of benzene rings is 2. The number of aromatic nitrogens is 3. The van der Waals surface area contributed by atoms with Crippen LogP contribution in [0.25, 0.3) is 5.69 Å². The summed E-state index contributed by atoms with van der Waals surface area (Å²) in [5, 5.41) is 21.1. The fourth-order valence-electron chi connectivity index (χ4n) is 3.30. The van der Waals surface area contributed by atoms with Crippen LogP contribution in [0.4, 0.5) is 5.69 Å². The molecule has 33 heavy (non-hydrogen) atoms. The van der Waals surface area contributed by atoms with Crippen LogP contribution in [0.5, 0.6) is 0 Å². The van der Waals surface area contributed by atoms with Gasteiger partial charge in [0.15, 0.2) is 5.16 Å². The number of para-hydroxylation sites is 1. The number of carbonyl (C=O) groups is 1. The molecule has 4 rings (SSSR count). The van der Waals surface area contributed by atoms with Crippen molar-refractivity contribution in [1.29, 1.82) is 5.26 Å². The summed E-state index contributed by atoms with van der Waals surface area (Å²) in [5.41, 5.74) is 1.66. The Labute approximate surface area is 205 Å². The van der Waals surface area contributed by atoms with Gasteiger partial charge in [0.1, 0.15) is 5.82 Å². The van der Waals surface area contributed by atoms with Gasteiger partial charge < -0.3 is 4.90 Å². The van der Waals surface area contributed by atoms with Crippen molar-refractivity contribution >= 4 is 46.3 Å². The average molecular weight is 494 g/mol. The number of rotatable bonds is 9. The van der Waals surface area contributed by atoms with Gasteiger partial charge in [-0.2, -0.15) is 5.26 Å². The number of thiophene rings is 1. The highest BCUT2D eigenvalue weighted by atomic mass is 35.5. The zero-order chi connectivity index (χ0) is 23.0. The van der Waals surface area contributed by atoms with E-state index in [2.05, 4.69) is 22.3 Å². The van der Waals surface area contributed by atoms with Crippen LogP contribution in [-0.4, -0.2) is 33.0 Å². The van der Waals surface area contributed by atoms with E-state index in [-0.39, 0.29) is 18.1 Å². The third-order valence-electron chi connectivity index (χ3n) is 4.84. The van der Waals surface area contributed by atoms with E-state index in [1.807, 2.05) is 70.6 Å². The number of anilines is 1. The lowest BCUT2D eigenvalue weighted by molar-refractivity contribution is -0.116. The van der Waals surface area contributed by atoms with Gasteiger partial charge in [0, 0.05) is 34.2 Å². The minimum Gasteiger partial charge on any atom is -0.311 e. The number of hydrogen-bond acceptors (Lipinski definition) is 6. The lowest BCUT2D eigenvalue weighted by Crippen LogP contribution is -2.33. The van der Waals surface area contributed by atoms with Crippen LogP contribution in [0.3, 0.4) is 0 Å². The fraction of sp³-hybridized carbons (Fsp3) is 0.167. The summed E-state index contributed by atoms with van der Waals surface area (Å²) >= 11 is 9.08. The first-order valence-corrected chi connectivity index (χ1v) is 12.5. The van der Waals surface area contributed by atoms with Gasteiger partial charge in [0.05, 0.1) is 18.2 Å². The molecule has 0 atom stereocenters. The van der Waals surface area contributed by atoms with E-state index in [4.69, 9.17) is 16.9 Å². The molecule has 0 N–H and O–H groups in total. The molecule has 2 heterocycles. The number of hydrogen-bond donors (Lipinski definition) is 0. The first-order valence-electron chi connectivity index (χ1n) is 10.2. The van der Waals surface area contributed by atoms with Crippen LogP contribution in [0.2, 0.25) is 5.02 Å². The molecule has 0 fully saturated rings. The van der Waals surface area contributed by atoms with E-state index in [1.165, 1.54) is 16.6 Å². The van der Waals surface area contributed by atoms with Crippen LogP contribution < -0.4 is 4.90 Å². The smallest absolute Gasteiger partial charge is 0.237 e. The van der Waals surface area contributed by atoms with Crippen molar-refractivity contribution < 1.29 is 4.79 Å². The van der Waals surface area contributed by atoms with Gasteiger partial charge in [-0.25, -0.2) is 0 Å². The van der Waals surface area contributed by atoms with Crippen molar-refractivity contribution in [2.24, 2.45) is 0 Å². The number of halogens is 1. The van der Waals surface area contributed by atoms with Crippen LogP contribution in [0.1, 0.15) is 17.1 Å². The predicted molar refractivity (Wildman–Crippen MR) is 133 cm³/mol. The van der Waals surface area contributed by atoms with Crippen molar-refractivity contribution in [2.75, 3.05) is 17.2 Å². The normalized spacial score (nSPS) is 10.7. The molecular weight excluding hydrogens is 474 g/mol. The molecule has 2 aromatic carbocycles. The molecular formula is C24H20ClN5OS2. The van der Waals surface area contributed by atoms with Crippen molar-refractivity contribution in [3.8, 4) is 11.8 Å². The summed E-state index contributed by atoms with van der Waals surface area (Å²) in [7, 11) is 0. The summed E-state index contributed by atoms with van der Waals surface area (Å²) in [5.74, 6) is 0.872. The lowest BCUT2D eigenvalue weighted by atomic mass is 10.2. The standard InChI is InChI=1S/C24H20ClN5OS2/c25-18-9-11-20(12-10-18)30-22(16-21-8-4-15-32-21)27-28-24(30)33-17-23(31)29(14-5-13-26)19-6-2-1-3-7-19/h1-4,6-12,15H,5,14,16-17H2. The number of nitrogens with zero attached hydrogens (tertiary/aromatic N) is 5. The topological polar surface area (TPSA) is 74.8 Å². The Hall–Kier alpha value is -3.12. The Balaban J connectivity index is 1.58. The van der Waals surface area contributed by atoms with E-state index in [0.717, 1.165) is 17.2 Å². The molecule has 0 unspecified atom stereocenters. The maximum absolute atomic E-state index is 13.1. The van der Waals surface area contributed by atoms with Gasteiger partial charge >= 0.3 is 0 Å². The summed E-state index contributed by atoms with van der Waals surface area (Å²) in [6, 6.07) is 23.1. The summed E-state index contributed by atoms with van der Waals surface area (Å²) < 4.78 is 1.97. The van der Waals surface area contributed by atoms with Gasteiger partial charge in [0.25, 0.3) is 0 Å². The first-order chi connectivity index (χ1) is 16.2. The molecule has 0 saturated carbocycles. The third-order valence-corrected chi connectivity index (χ3v) is 6.88. The molecule has 0 aliphatic heterocycles. The predicted octanol–water partition coefficient (Wildman–Crippen LogP) is 5.61. The largest absolute Gasteiger partial charge is 0.311 e. The number of amides is 1. The SMILES string of the molecule is N#CCCN(C(=O)CSc1nnc(Cc2cccs2)n1-c1ccc(Cl)cc1)c1ccccc1. The zero-order valence-corrected chi connectivity index (χ0v) is 20.0. The van der Waals surface area contributed by atoms with Gasteiger partial charge in [-0.15, -0.1) is 21.5 Å². The molecule has 1 amide bonds. The van der Waals surface area contributed by atoms with Crippen molar-refractivity contribution in [2.45, 2.75) is 18.0 Å². The maximum atomic E-state index is 13.1. The Morgan fingerprint density at radius 2 is 1.88 bits per heavy atom. The summed E-state index contributed by atoms with van der Waals surface area (Å²) in [4.78, 5) is 15.9. The van der Waals surface area contributed by atoms with Crippen LogP contribution in [0, 0.1) is 11.3 Å².